The predicted octanol–water partition coefficient (Wildman–Crippen LogP) is 5.81. The standard InChI is InChI=1S/C44H60FN9O6S/c1-9-53-35-16-15-28-19-31(35)32(40(53)30-13-12-17-47-38(30)27(4)59-8)21-44(5,6)25-60-37(55)14-10-11-18-54(50-45)42(57)33(20-36-48-34(28)24-61-36)49-41(56)39(26(2)3)51(7)43(58)52-22-29(46)23-52/h12-13,15-17,19,24,26-27,29,33,39,50H,9-11,14,18,20-23,25,46H2,1-8H3,(H,49,56)/t27-,33-,39?/m0/s1. The maximum Gasteiger partial charge on any atom is 0.320 e. The third-order valence-corrected chi connectivity index (χ3v) is 12.5. The molecule has 61 heavy (non-hydrogen) atoms. The molecule has 4 aromatic rings. The van der Waals surface area contributed by atoms with Crippen molar-refractivity contribution < 1.29 is 33.1 Å². The number of pyridine rings is 1. The number of methoxy groups -OCH3 is 1. The Morgan fingerprint density at radius 3 is 2.59 bits per heavy atom. The summed E-state index contributed by atoms with van der Waals surface area (Å²) in [5, 5.41) is 7.13. The fourth-order valence-corrected chi connectivity index (χ4v) is 9.21. The Bertz CT molecular complexity index is 2220. The van der Waals surface area contributed by atoms with Gasteiger partial charge in [0.05, 0.1) is 34.8 Å². The van der Waals surface area contributed by atoms with E-state index < -0.39 is 35.3 Å². The summed E-state index contributed by atoms with van der Waals surface area (Å²) in [7, 11) is 3.22. The van der Waals surface area contributed by atoms with Crippen molar-refractivity contribution in [1.29, 1.82) is 0 Å². The van der Waals surface area contributed by atoms with Gasteiger partial charge < -0.3 is 34.9 Å². The number of urea groups is 1. The number of nitrogens with two attached hydrogens (primary N) is 1. The largest absolute Gasteiger partial charge is 0.465 e. The van der Waals surface area contributed by atoms with Crippen molar-refractivity contribution in [2.45, 2.75) is 104 Å². The lowest BCUT2D eigenvalue weighted by molar-refractivity contribution is -0.147. The van der Waals surface area contributed by atoms with Gasteiger partial charge in [-0.2, -0.15) is 0 Å². The Hall–Kier alpha value is -4.97. The van der Waals surface area contributed by atoms with Gasteiger partial charge in [-0.25, -0.2) is 14.8 Å². The highest BCUT2D eigenvalue weighted by Crippen LogP contribution is 2.42. The zero-order valence-electron chi connectivity index (χ0n) is 36.5. The van der Waals surface area contributed by atoms with Gasteiger partial charge in [0.25, 0.3) is 5.91 Å². The normalized spacial score (nSPS) is 19.1. The predicted molar refractivity (Wildman–Crippen MR) is 233 cm³/mol. The zero-order chi connectivity index (χ0) is 44.2. The highest BCUT2D eigenvalue weighted by Gasteiger charge is 2.38. The van der Waals surface area contributed by atoms with Gasteiger partial charge >= 0.3 is 12.0 Å². The van der Waals surface area contributed by atoms with Crippen LogP contribution in [-0.2, 0) is 43.2 Å². The number of aryl methyl sites for hydroxylation is 1. The van der Waals surface area contributed by atoms with Crippen molar-refractivity contribution in [1.82, 2.24) is 40.3 Å². The van der Waals surface area contributed by atoms with Gasteiger partial charge in [0.15, 0.2) is 0 Å². The van der Waals surface area contributed by atoms with E-state index in [1.807, 2.05) is 38.3 Å². The number of hydrazine groups is 1. The Morgan fingerprint density at radius 2 is 1.92 bits per heavy atom. The number of ether oxygens (including phenoxy) is 2. The van der Waals surface area contributed by atoms with Crippen LogP contribution in [0.3, 0.4) is 0 Å². The summed E-state index contributed by atoms with van der Waals surface area (Å²) in [5.74, 6) is -2.00. The van der Waals surface area contributed by atoms with E-state index in [0.717, 1.165) is 44.0 Å². The van der Waals surface area contributed by atoms with Crippen molar-refractivity contribution >= 4 is 46.1 Å². The molecule has 0 radical (unpaired) electrons. The molecule has 4 amide bonds. The second kappa shape index (κ2) is 19.4. The quantitative estimate of drug-likeness (QED) is 0.137. The number of thiazole rings is 1. The minimum atomic E-state index is -1.24. The number of halogens is 1. The number of benzene rings is 1. The molecule has 1 unspecified atom stereocenters. The summed E-state index contributed by atoms with van der Waals surface area (Å²) in [4.78, 5) is 67.3. The minimum absolute atomic E-state index is 0.0390. The molecule has 330 valence electrons. The highest BCUT2D eigenvalue weighted by molar-refractivity contribution is 7.10. The molecule has 3 aromatic heterocycles. The first-order valence-electron chi connectivity index (χ1n) is 21.1. The van der Waals surface area contributed by atoms with E-state index in [1.165, 1.54) is 21.9 Å². The van der Waals surface area contributed by atoms with Crippen LogP contribution in [0.4, 0.5) is 9.28 Å². The SMILES string of the molecule is CCn1c(-c2cccnc2[C@H](C)OC)c2c3cc(ccc31)-c1csc(n1)C[C@H](NC(=O)C(C(C)C)N(C)C(=O)N1CC(N)C1)C(=O)N(NF)CCCCC(=O)OCC(C)(C)C2. The first-order chi connectivity index (χ1) is 29.1. The number of carbonyl (C=O) groups is 4. The van der Waals surface area contributed by atoms with Crippen molar-refractivity contribution in [2.75, 3.05) is 40.4 Å². The third kappa shape index (κ3) is 10.1. The van der Waals surface area contributed by atoms with Crippen LogP contribution in [0.5, 0.6) is 0 Å². The fraction of sp³-hybridized carbons (Fsp3) is 0.545. The molecule has 5 heterocycles. The molecule has 0 spiro atoms. The molecule has 17 heteroatoms. The molecule has 3 atom stereocenters. The van der Waals surface area contributed by atoms with Gasteiger partial charge in [-0.15, -0.1) is 15.8 Å². The van der Waals surface area contributed by atoms with Gasteiger partial charge in [-0.05, 0) is 68.9 Å². The van der Waals surface area contributed by atoms with Crippen LogP contribution in [0.2, 0.25) is 0 Å². The van der Waals surface area contributed by atoms with Crippen molar-refractivity contribution in [3.8, 4) is 22.5 Å². The van der Waals surface area contributed by atoms with E-state index >= 15 is 0 Å². The lowest BCUT2D eigenvalue weighted by atomic mass is 9.84. The molecule has 2 aliphatic rings. The van der Waals surface area contributed by atoms with E-state index in [4.69, 9.17) is 25.2 Å². The summed E-state index contributed by atoms with van der Waals surface area (Å²) >= 11 is 1.34. The first kappa shape index (κ1) is 45.6. The number of likely N-dealkylation sites (tertiary alicyclic amines) is 1. The Labute approximate surface area is 361 Å². The highest BCUT2D eigenvalue weighted by atomic mass is 32.1. The van der Waals surface area contributed by atoms with Crippen LogP contribution in [-0.4, -0.2) is 112 Å². The van der Waals surface area contributed by atoms with Crippen molar-refractivity contribution in [2.24, 2.45) is 17.1 Å². The van der Waals surface area contributed by atoms with Gasteiger partial charge in [0.2, 0.25) is 5.91 Å². The maximum absolute atomic E-state index is 14.4. The molecule has 4 N–H and O–H groups in total. The fourth-order valence-electron chi connectivity index (χ4n) is 8.36. The number of hydrogen-bond donors (Lipinski definition) is 3. The van der Waals surface area contributed by atoms with E-state index in [-0.39, 0.29) is 56.5 Å². The number of esters is 1. The van der Waals surface area contributed by atoms with E-state index in [2.05, 4.69) is 48.9 Å². The molecule has 1 aromatic carbocycles. The number of amides is 4. The molecule has 1 saturated heterocycles. The second-order valence-electron chi connectivity index (χ2n) is 17.3. The number of carbonyl (C=O) groups excluding carboxylic acids is 4. The number of fused-ring (bicyclic) bond motifs is 4. The summed E-state index contributed by atoms with van der Waals surface area (Å²) in [6.07, 6.45) is 2.72. The van der Waals surface area contributed by atoms with E-state index in [0.29, 0.717) is 43.2 Å². The van der Waals surface area contributed by atoms with Gasteiger partial charge in [-0.1, -0.05) is 39.4 Å². The van der Waals surface area contributed by atoms with E-state index in [1.54, 1.807) is 25.3 Å². The monoisotopic (exact) mass is 861 g/mol. The van der Waals surface area contributed by atoms with Crippen LogP contribution in [0.25, 0.3) is 33.4 Å². The summed E-state index contributed by atoms with van der Waals surface area (Å²) < 4.78 is 28.4. The minimum Gasteiger partial charge on any atom is -0.465 e. The van der Waals surface area contributed by atoms with Crippen LogP contribution in [0, 0.1) is 11.3 Å². The number of rotatable bonds is 9. The van der Waals surface area contributed by atoms with Crippen LogP contribution >= 0.6 is 11.3 Å². The van der Waals surface area contributed by atoms with Crippen LogP contribution in [0.1, 0.15) is 83.2 Å². The maximum atomic E-state index is 14.4. The number of nitrogens with one attached hydrogen (secondary N) is 2. The average Bonchev–Trinajstić information content (AvgIpc) is 3.81. The summed E-state index contributed by atoms with van der Waals surface area (Å²) in [5.41, 5.74) is 13.3. The number of hydrogen-bond acceptors (Lipinski definition) is 11. The number of aromatic nitrogens is 3. The lowest BCUT2D eigenvalue weighted by Crippen LogP contribution is -2.64. The number of cyclic esters (lactones) is 1. The molecular weight excluding hydrogens is 802 g/mol. The molecule has 1 fully saturated rings. The first-order valence-corrected chi connectivity index (χ1v) is 21.9. The third-order valence-electron chi connectivity index (χ3n) is 11.6. The Kier molecular flexibility index (Phi) is 14.5. The van der Waals surface area contributed by atoms with Crippen LogP contribution in [0.15, 0.2) is 41.9 Å². The molecule has 15 nitrogen and oxygen atoms in total. The Balaban J connectivity index is 1.42. The molecular formula is C44H60FN9O6S. The zero-order valence-corrected chi connectivity index (χ0v) is 37.3. The smallest absolute Gasteiger partial charge is 0.320 e. The molecule has 0 saturated carbocycles. The number of likely N-dealkylation sites (N-methyl/N-ethyl adjacent to an activating group) is 1. The van der Waals surface area contributed by atoms with Crippen LogP contribution < -0.4 is 16.7 Å². The van der Waals surface area contributed by atoms with Crippen molar-refractivity contribution in [3.05, 3.63) is 58.2 Å². The Morgan fingerprint density at radius 1 is 1.16 bits per heavy atom. The van der Waals surface area contributed by atoms with E-state index in [9.17, 15) is 23.7 Å². The number of nitrogens with zero attached hydrogens (tertiary/aromatic N) is 6. The molecule has 2 aliphatic heterocycles. The molecule has 6 rings (SSSR count). The summed E-state index contributed by atoms with van der Waals surface area (Å²) in [6, 6.07) is 7.60. The van der Waals surface area contributed by atoms with Gasteiger partial charge in [0.1, 0.15) is 12.1 Å². The topological polar surface area (TPSA) is 177 Å². The van der Waals surface area contributed by atoms with Gasteiger partial charge in [0, 0.05) is 98.2 Å². The summed E-state index contributed by atoms with van der Waals surface area (Å²) in [6.45, 7) is 13.4. The van der Waals surface area contributed by atoms with Crippen molar-refractivity contribution in [3.63, 3.8) is 0 Å². The lowest BCUT2D eigenvalue weighted by Gasteiger charge is -2.41. The average molecular weight is 862 g/mol. The molecule has 4 bridgehead atoms. The second-order valence-corrected chi connectivity index (χ2v) is 18.2. The van der Waals surface area contributed by atoms with Gasteiger partial charge in [-0.3, -0.25) is 19.4 Å². The molecule has 0 aliphatic carbocycles.